The number of benzene rings is 1. The normalized spacial score (nSPS) is 21.0. The first-order valence-corrected chi connectivity index (χ1v) is 7.97. The molecule has 2 aliphatic rings. The summed E-state index contributed by atoms with van der Waals surface area (Å²) >= 11 is 0. The van der Waals surface area contributed by atoms with Crippen molar-refractivity contribution in [2.75, 3.05) is 26.2 Å². The van der Waals surface area contributed by atoms with Gasteiger partial charge in [0.25, 0.3) is 0 Å². The quantitative estimate of drug-likeness (QED) is 0.782. The third kappa shape index (κ3) is 3.44. The Bertz CT molecular complexity index is 465. The zero-order chi connectivity index (χ0) is 14.5. The minimum atomic E-state index is -0.268. The van der Waals surface area contributed by atoms with Crippen molar-refractivity contribution in [2.45, 2.75) is 37.2 Å². The maximum Gasteiger partial charge on any atom is 0.230 e. The summed E-state index contributed by atoms with van der Waals surface area (Å²) in [5.41, 5.74) is 0.873. The first kappa shape index (κ1) is 14.5. The Kier molecular flexibility index (Phi) is 4.56. The van der Waals surface area contributed by atoms with Crippen molar-refractivity contribution in [3.05, 3.63) is 35.9 Å². The number of hydrogen-bond donors (Lipinski definition) is 2. The average Bonchev–Trinajstić information content (AvgIpc) is 3.35. The summed E-state index contributed by atoms with van der Waals surface area (Å²) in [6.45, 7) is 3.29. The number of carbonyl (C=O) groups excluding carboxylic acids is 1. The highest BCUT2D eigenvalue weighted by molar-refractivity contribution is 5.91. The monoisotopic (exact) mass is 288 g/mol. The van der Waals surface area contributed by atoms with Crippen molar-refractivity contribution in [3.8, 4) is 0 Å². The van der Waals surface area contributed by atoms with Crippen LogP contribution in [0, 0.1) is 0 Å². The lowest BCUT2D eigenvalue weighted by atomic mass is 9.95. The summed E-state index contributed by atoms with van der Waals surface area (Å²) in [5, 5.41) is 6.36. The fraction of sp³-hybridized carbons (Fsp3) is 0.588. The van der Waals surface area contributed by atoms with Crippen LogP contribution in [-0.2, 0) is 14.9 Å². The highest BCUT2D eigenvalue weighted by Gasteiger charge is 2.50. The number of hydrogen-bond acceptors (Lipinski definition) is 3. The van der Waals surface area contributed by atoms with E-state index in [2.05, 4.69) is 22.8 Å². The second-order valence-corrected chi connectivity index (χ2v) is 6.02. The number of rotatable bonds is 6. The number of piperidine rings is 1. The lowest BCUT2D eigenvalue weighted by Crippen LogP contribution is -2.38. The maximum atomic E-state index is 12.4. The second-order valence-electron chi connectivity index (χ2n) is 6.02. The van der Waals surface area contributed by atoms with Crippen LogP contribution in [0.3, 0.4) is 0 Å². The van der Waals surface area contributed by atoms with Gasteiger partial charge in [-0.1, -0.05) is 30.3 Å². The Morgan fingerprint density at radius 1 is 1.24 bits per heavy atom. The molecule has 1 aromatic carbocycles. The summed E-state index contributed by atoms with van der Waals surface area (Å²) in [4.78, 5) is 12.4. The molecule has 1 aliphatic carbocycles. The third-order valence-electron chi connectivity index (χ3n) is 4.54. The predicted molar refractivity (Wildman–Crippen MR) is 82.2 cm³/mol. The van der Waals surface area contributed by atoms with E-state index in [-0.39, 0.29) is 11.3 Å². The molecule has 1 aromatic rings. The Balaban J connectivity index is 1.42. The number of carbonyl (C=O) groups is 1. The zero-order valence-electron chi connectivity index (χ0n) is 12.4. The molecule has 0 aromatic heterocycles. The molecule has 1 amide bonds. The highest BCUT2D eigenvalue weighted by Crippen LogP contribution is 2.48. The summed E-state index contributed by atoms with van der Waals surface area (Å²) < 4.78 is 5.82. The van der Waals surface area contributed by atoms with Crippen molar-refractivity contribution >= 4 is 5.91 Å². The van der Waals surface area contributed by atoms with E-state index in [0.29, 0.717) is 19.3 Å². The van der Waals surface area contributed by atoms with Gasteiger partial charge in [0.05, 0.1) is 18.1 Å². The van der Waals surface area contributed by atoms with Crippen molar-refractivity contribution in [1.29, 1.82) is 0 Å². The zero-order valence-corrected chi connectivity index (χ0v) is 12.4. The van der Waals surface area contributed by atoms with Gasteiger partial charge in [-0.3, -0.25) is 4.79 Å². The van der Waals surface area contributed by atoms with E-state index in [1.54, 1.807) is 0 Å². The summed E-state index contributed by atoms with van der Waals surface area (Å²) in [6.07, 6.45) is 4.41. The molecule has 1 aliphatic heterocycles. The van der Waals surface area contributed by atoms with E-state index >= 15 is 0 Å². The van der Waals surface area contributed by atoms with Crippen LogP contribution in [0.2, 0.25) is 0 Å². The summed E-state index contributed by atoms with van der Waals surface area (Å²) in [5.74, 6) is 0.155. The van der Waals surface area contributed by atoms with Gasteiger partial charge in [-0.25, -0.2) is 0 Å². The Morgan fingerprint density at radius 2 is 1.95 bits per heavy atom. The van der Waals surface area contributed by atoms with E-state index in [4.69, 9.17) is 4.74 Å². The number of nitrogens with one attached hydrogen (secondary N) is 2. The number of amides is 1. The lowest BCUT2D eigenvalue weighted by molar-refractivity contribution is -0.124. The van der Waals surface area contributed by atoms with Gasteiger partial charge in [-0.05, 0) is 44.3 Å². The van der Waals surface area contributed by atoms with Gasteiger partial charge in [0.2, 0.25) is 5.91 Å². The van der Waals surface area contributed by atoms with Crippen LogP contribution in [0.4, 0.5) is 0 Å². The molecule has 1 saturated heterocycles. The fourth-order valence-corrected chi connectivity index (χ4v) is 3.05. The molecule has 0 unspecified atom stereocenters. The van der Waals surface area contributed by atoms with Gasteiger partial charge >= 0.3 is 0 Å². The topological polar surface area (TPSA) is 50.4 Å². The molecule has 1 saturated carbocycles. The van der Waals surface area contributed by atoms with Crippen LogP contribution < -0.4 is 10.6 Å². The highest BCUT2D eigenvalue weighted by atomic mass is 16.5. The van der Waals surface area contributed by atoms with E-state index in [1.165, 1.54) is 0 Å². The van der Waals surface area contributed by atoms with Crippen LogP contribution in [0.25, 0.3) is 0 Å². The fourth-order valence-electron chi connectivity index (χ4n) is 3.05. The van der Waals surface area contributed by atoms with Crippen LogP contribution in [-0.4, -0.2) is 38.3 Å². The summed E-state index contributed by atoms with van der Waals surface area (Å²) in [7, 11) is 0. The molecule has 0 bridgehead atoms. The largest absolute Gasteiger partial charge is 0.376 e. The maximum absolute atomic E-state index is 12.4. The molecule has 4 heteroatoms. The van der Waals surface area contributed by atoms with Crippen molar-refractivity contribution in [3.63, 3.8) is 0 Å². The minimum Gasteiger partial charge on any atom is -0.376 e. The molecule has 114 valence electrons. The molecule has 2 fully saturated rings. The molecule has 1 heterocycles. The van der Waals surface area contributed by atoms with Gasteiger partial charge in [0.15, 0.2) is 0 Å². The SMILES string of the molecule is O=C(NCCOC1CCNCC1)C1(c2ccccc2)CC1. The molecule has 4 nitrogen and oxygen atoms in total. The van der Waals surface area contributed by atoms with Crippen LogP contribution >= 0.6 is 0 Å². The predicted octanol–water partition coefficient (Wildman–Crippen LogP) is 1.60. The molecule has 2 N–H and O–H groups in total. The van der Waals surface area contributed by atoms with Crippen LogP contribution in [0.1, 0.15) is 31.2 Å². The van der Waals surface area contributed by atoms with Gasteiger partial charge in [0.1, 0.15) is 0 Å². The Morgan fingerprint density at radius 3 is 2.62 bits per heavy atom. The van der Waals surface area contributed by atoms with Crippen LogP contribution in [0.15, 0.2) is 30.3 Å². The number of ether oxygens (including phenoxy) is 1. The molecular formula is C17H24N2O2. The smallest absolute Gasteiger partial charge is 0.230 e. The van der Waals surface area contributed by atoms with Gasteiger partial charge in [-0.2, -0.15) is 0 Å². The van der Waals surface area contributed by atoms with E-state index in [9.17, 15) is 4.79 Å². The van der Waals surface area contributed by atoms with Gasteiger partial charge in [-0.15, -0.1) is 0 Å². The van der Waals surface area contributed by atoms with Crippen LogP contribution in [0.5, 0.6) is 0 Å². The third-order valence-corrected chi connectivity index (χ3v) is 4.54. The second kappa shape index (κ2) is 6.58. The summed E-state index contributed by atoms with van der Waals surface area (Å²) in [6, 6.07) is 10.1. The molecule has 0 spiro atoms. The first-order valence-electron chi connectivity index (χ1n) is 7.97. The van der Waals surface area contributed by atoms with Crippen molar-refractivity contribution in [2.24, 2.45) is 0 Å². The van der Waals surface area contributed by atoms with E-state index in [0.717, 1.165) is 44.3 Å². The molecule has 0 atom stereocenters. The molecule has 0 radical (unpaired) electrons. The van der Waals surface area contributed by atoms with Gasteiger partial charge < -0.3 is 15.4 Å². The Labute approximate surface area is 126 Å². The average molecular weight is 288 g/mol. The standard InChI is InChI=1S/C17H24N2O2/c20-16(17(8-9-17)14-4-2-1-3-5-14)19-12-13-21-15-6-10-18-11-7-15/h1-5,15,18H,6-13H2,(H,19,20). The Hall–Kier alpha value is -1.39. The first-order chi connectivity index (χ1) is 10.3. The lowest BCUT2D eigenvalue weighted by Gasteiger charge is -2.23. The van der Waals surface area contributed by atoms with Gasteiger partial charge in [0, 0.05) is 6.54 Å². The van der Waals surface area contributed by atoms with E-state index < -0.39 is 0 Å². The molecular weight excluding hydrogens is 264 g/mol. The van der Waals surface area contributed by atoms with Crippen molar-refractivity contribution < 1.29 is 9.53 Å². The molecule has 21 heavy (non-hydrogen) atoms. The van der Waals surface area contributed by atoms with Crippen molar-refractivity contribution in [1.82, 2.24) is 10.6 Å². The molecule has 3 rings (SSSR count). The minimum absolute atomic E-state index is 0.155. The van der Waals surface area contributed by atoms with E-state index in [1.807, 2.05) is 18.2 Å².